The molecule has 3 rings (SSSR count). The first-order valence-corrected chi connectivity index (χ1v) is 7.91. The normalized spacial score (nSPS) is 17.7. The monoisotopic (exact) mass is 316 g/mol. The molecule has 1 saturated heterocycles. The van der Waals surface area contributed by atoms with Gasteiger partial charge in [0.25, 0.3) is 0 Å². The molecule has 1 unspecified atom stereocenters. The van der Waals surface area contributed by atoms with Crippen LogP contribution in [0.25, 0.3) is 0 Å². The molecule has 0 spiro atoms. The topological polar surface area (TPSA) is 69.6 Å². The zero-order chi connectivity index (χ0) is 15.5. The molecule has 114 valence electrons. The molecule has 6 heteroatoms. The molecule has 5 nitrogen and oxygen atoms in total. The molecule has 1 atom stereocenters. The van der Waals surface area contributed by atoms with Gasteiger partial charge in [-0.25, -0.2) is 0 Å². The molecule has 2 heterocycles. The van der Waals surface area contributed by atoms with Crippen LogP contribution in [0.2, 0.25) is 0 Å². The highest BCUT2D eigenvalue weighted by Gasteiger charge is 2.34. The van der Waals surface area contributed by atoms with Crippen molar-refractivity contribution in [1.82, 2.24) is 5.32 Å². The average molecular weight is 316 g/mol. The predicted molar refractivity (Wildman–Crippen MR) is 84.7 cm³/mol. The lowest BCUT2D eigenvalue weighted by Crippen LogP contribution is -2.32. The van der Waals surface area contributed by atoms with Gasteiger partial charge in [-0.15, -0.1) is 11.3 Å². The molecule has 1 fully saturated rings. The van der Waals surface area contributed by atoms with Crippen molar-refractivity contribution >= 4 is 28.8 Å². The van der Waals surface area contributed by atoms with E-state index in [-0.39, 0.29) is 29.9 Å². The number of nitrogens with zero attached hydrogens (tertiary/aromatic N) is 1. The zero-order valence-electron chi connectivity index (χ0n) is 11.9. The van der Waals surface area contributed by atoms with Gasteiger partial charge < -0.3 is 15.3 Å². The summed E-state index contributed by atoms with van der Waals surface area (Å²) in [6, 6.07) is 10.3. The van der Waals surface area contributed by atoms with E-state index in [0.29, 0.717) is 18.8 Å². The second-order valence-corrected chi connectivity index (χ2v) is 6.25. The van der Waals surface area contributed by atoms with Crippen molar-refractivity contribution in [2.75, 3.05) is 11.4 Å². The number of amides is 2. The van der Waals surface area contributed by atoms with Crippen LogP contribution >= 0.6 is 11.3 Å². The summed E-state index contributed by atoms with van der Waals surface area (Å²) in [4.78, 5) is 27.0. The van der Waals surface area contributed by atoms with Crippen LogP contribution in [0, 0.1) is 5.92 Å². The van der Waals surface area contributed by atoms with Crippen molar-refractivity contribution in [3.8, 4) is 5.75 Å². The molecule has 1 aliphatic rings. The number of carbonyl (C=O) groups excluding carboxylic acids is 2. The molecule has 2 N–H and O–H groups in total. The van der Waals surface area contributed by atoms with Crippen LogP contribution in [0.4, 0.5) is 5.69 Å². The second kappa shape index (κ2) is 6.19. The Kier molecular flexibility index (Phi) is 4.11. The summed E-state index contributed by atoms with van der Waals surface area (Å²) in [5.41, 5.74) is 0.705. The van der Waals surface area contributed by atoms with Crippen LogP contribution < -0.4 is 10.2 Å². The van der Waals surface area contributed by atoms with Crippen molar-refractivity contribution in [1.29, 1.82) is 0 Å². The summed E-state index contributed by atoms with van der Waals surface area (Å²) < 4.78 is 0. The van der Waals surface area contributed by atoms with E-state index in [2.05, 4.69) is 5.32 Å². The second-order valence-electron chi connectivity index (χ2n) is 5.22. The number of benzene rings is 1. The number of carbonyl (C=O) groups is 2. The fourth-order valence-electron chi connectivity index (χ4n) is 2.50. The molecule has 0 aliphatic carbocycles. The number of rotatable bonds is 4. The van der Waals surface area contributed by atoms with Crippen LogP contribution in [0.15, 0.2) is 41.8 Å². The van der Waals surface area contributed by atoms with Gasteiger partial charge in [0, 0.05) is 23.5 Å². The van der Waals surface area contributed by atoms with Crippen molar-refractivity contribution in [2.45, 2.75) is 13.0 Å². The first-order chi connectivity index (χ1) is 10.6. The Labute approximate surface area is 132 Å². The lowest BCUT2D eigenvalue weighted by atomic mass is 10.1. The summed E-state index contributed by atoms with van der Waals surface area (Å²) >= 11 is 1.59. The molecular formula is C16H16N2O3S. The minimum absolute atomic E-state index is 0.0676. The largest absolute Gasteiger partial charge is 0.508 e. The van der Waals surface area contributed by atoms with E-state index in [4.69, 9.17) is 0 Å². The Hall–Kier alpha value is -2.34. The van der Waals surface area contributed by atoms with Crippen molar-refractivity contribution < 1.29 is 14.7 Å². The summed E-state index contributed by atoms with van der Waals surface area (Å²) in [6.45, 7) is 0.875. The highest BCUT2D eigenvalue weighted by molar-refractivity contribution is 7.09. The van der Waals surface area contributed by atoms with Crippen molar-refractivity contribution in [2.24, 2.45) is 5.92 Å². The van der Waals surface area contributed by atoms with E-state index in [1.807, 2.05) is 17.5 Å². The van der Waals surface area contributed by atoms with Gasteiger partial charge >= 0.3 is 0 Å². The Morgan fingerprint density at radius 3 is 2.77 bits per heavy atom. The SMILES string of the molecule is O=C(NCc1cccs1)C1CC(=O)N(c2ccc(O)cc2)C1. The van der Waals surface area contributed by atoms with E-state index < -0.39 is 0 Å². The highest BCUT2D eigenvalue weighted by atomic mass is 32.1. The van der Waals surface area contributed by atoms with Gasteiger partial charge in [0.05, 0.1) is 12.5 Å². The quantitative estimate of drug-likeness (QED) is 0.908. The summed E-state index contributed by atoms with van der Waals surface area (Å²) in [5.74, 6) is -0.341. The summed E-state index contributed by atoms with van der Waals surface area (Å²) in [7, 11) is 0. The lowest BCUT2D eigenvalue weighted by Gasteiger charge is -2.16. The number of aromatic hydroxyl groups is 1. The Morgan fingerprint density at radius 1 is 1.32 bits per heavy atom. The number of thiophene rings is 1. The molecule has 1 aromatic carbocycles. The molecule has 1 aliphatic heterocycles. The van der Waals surface area contributed by atoms with Gasteiger partial charge in [-0.05, 0) is 35.7 Å². The average Bonchev–Trinajstić information content (AvgIpc) is 3.15. The maximum absolute atomic E-state index is 12.2. The molecule has 2 amide bonds. The summed E-state index contributed by atoms with van der Waals surface area (Å²) in [6.07, 6.45) is 0.219. The van der Waals surface area contributed by atoms with E-state index in [1.54, 1.807) is 28.4 Å². The maximum atomic E-state index is 12.2. The Morgan fingerprint density at radius 2 is 2.09 bits per heavy atom. The first-order valence-electron chi connectivity index (χ1n) is 7.03. The third-order valence-corrected chi connectivity index (χ3v) is 4.55. The van der Waals surface area contributed by atoms with E-state index in [9.17, 15) is 14.7 Å². The summed E-state index contributed by atoms with van der Waals surface area (Å²) in [5, 5.41) is 14.1. The number of hydrogen-bond acceptors (Lipinski definition) is 4. The maximum Gasteiger partial charge on any atom is 0.227 e. The molecule has 1 aromatic heterocycles. The first kappa shape index (κ1) is 14.6. The van der Waals surface area contributed by atoms with Crippen LogP contribution in [-0.2, 0) is 16.1 Å². The van der Waals surface area contributed by atoms with Crippen LogP contribution in [0.5, 0.6) is 5.75 Å². The predicted octanol–water partition coefficient (Wildman–Crippen LogP) is 2.12. The van der Waals surface area contributed by atoms with Gasteiger partial charge in [-0.3, -0.25) is 9.59 Å². The Bertz CT molecular complexity index is 667. The third-order valence-electron chi connectivity index (χ3n) is 3.67. The number of nitrogens with one attached hydrogen (secondary N) is 1. The van der Waals surface area contributed by atoms with Gasteiger partial charge in [0.15, 0.2) is 0 Å². The number of phenols is 1. The number of anilines is 1. The fraction of sp³-hybridized carbons (Fsp3) is 0.250. The standard InChI is InChI=1S/C16H16N2O3S/c19-13-5-3-12(4-6-13)18-10-11(8-15(18)20)16(21)17-9-14-2-1-7-22-14/h1-7,11,19H,8-10H2,(H,17,21). The number of hydrogen-bond donors (Lipinski definition) is 2. The molecule has 22 heavy (non-hydrogen) atoms. The minimum atomic E-state index is -0.332. The molecule has 2 aromatic rings. The van der Waals surface area contributed by atoms with Crippen molar-refractivity contribution in [3.63, 3.8) is 0 Å². The molecule has 0 bridgehead atoms. The highest BCUT2D eigenvalue weighted by Crippen LogP contribution is 2.26. The minimum Gasteiger partial charge on any atom is -0.508 e. The van der Waals surface area contributed by atoms with Crippen LogP contribution in [-0.4, -0.2) is 23.5 Å². The van der Waals surface area contributed by atoms with Gasteiger partial charge in [-0.2, -0.15) is 0 Å². The van der Waals surface area contributed by atoms with E-state index in [1.165, 1.54) is 12.1 Å². The zero-order valence-corrected chi connectivity index (χ0v) is 12.7. The number of phenolic OH excluding ortho intramolecular Hbond substituents is 1. The van der Waals surface area contributed by atoms with E-state index in [0.717, 1.165) is 4.88 Å². The van der Waals surface area contributed by atoms with E-state index >= 15 is 0 Å². The molecule has 0 saturated carbocycles. The fourth-order valence-corrected chi connectivity index (χ4v) is 3.14. The lowest BCUT2D eigenvalue weighted by molar-refractivity contribution is -0.126. The van der Waals surface area contributed by atoms with Gasteiger partial charge in [0.1, 0.15) is 5.75 Å². The van der Waals surface area contributed by atoms with Gasteiger partial charge in [-0.1, -0.05) is 6.07 Å². The molecule has 0 radical (unpaired) electrons. The van der Waals surface area contributed by atoms with Crippen LogP contribution in [0.3, 0.4) is 0 Å². The third kappa shape index (κ3) is 3.12. The van der Waals surface area contributed by atoms with Crippen molar-refractivity contribution in [3.05, 3.63) is 46.7 Å². The Balaban J connectivity index is 1.61. The van der Waals surface area contributed by atoms with Gasteiger partial charge in [0.2, 0.25) is 11.8 Å². The molecular weight excluding hydrogens is 300 g/mol. The smallest absolute Gasteiger partial charge is 0.227 e. The van der Waals surface area contributed by atoms with Crippen LogP contribution in [0.1, 0.15) is 11.3 Å².